The fourth-order valence-corrected chi connectivity index (χ4v) is 2.32. The van der Waals surface area contributed by atoms with Crippen molar-refractivity contribution in [3.05, 3.63) is 22.7 Å². The largest absolute Gasteiger partial charge is 0.489 e. The van der Waals surface area contributed by atoms with Crippen molar-refractivity contribution in [1.29, 1.82) is 0 Å². The highest BCUT2D eigenvalue weighted by molar-refractivity contribution is 6.32. The first-order valence-corrected chi connectivity index (χ1v) is 7.47. The van der Waals surface area contributed by atoms with E-state index < -0.39 is 0 Å². The highest BCUT2D eigenvalue weighted by Crippen LogP contribution is 2.37. The van der Waals surface area contributed by atoms with E-state index in [0.717, 1.165) is 30.9 Å². The maximum Gasteiger partial charge on any atom is 0.179 e. The first-order valence-electron chi connectivity index (χ1n) is 7.10. The molecule has 0 saturated carbocycles. The Morgan fingerprint density at radius 1 is 1.35 bits per heavy atom. The lowest BCUT2D eigenvalue weighted by Crippen LogP contribution is -2.30. The molecule has 0 bridgehead atoms. The summed E-state index contributed by atoms with van der Waals surface area (Å²) in [6.45, 7) is 7.58. The van der Waals surface area contributed by atoms with E-state index >= 15 is 0 Å². The number of halogens is 1. The Morgan fingerprint density at radius 3 is 2.95 bits per heavy atom. The molecule has 0 aromatic heterocycles. The highest BCUT2D eigenvalue weighted by atomic mass is 35.5. The summed E-state index contributed by atoms with van der Waals surface area (Å²) in [7, 11) is 0. The van der Waals surface area contributed by atoms with E-state index in [2.05, 4.69) is 12.2 Å². The zero-order valence-electron chi connectivity index (χ0n) is 12.1. The van der Waals surface area contributed by atoms with Crippen LogP contribution in [0.3, 0.4) is 0 Å². The van der Waals surface area contributed by atoms with E-state index in [1.54, 1.807) is 0 Å². The quantitative estimate of drug-likeness (QED) is 0.876. The van der Waals surface area contributed by atoms with E-state index in [4.69, 9.17) is 25.8 Å². The van der Waals surface area contributed by atoms with Crippen LogP contribution in [0, 0.1) is 0 Å². The van der Waals surface area contributed by atoms with E-state index in [0.29, 0.717) is 36.6 Å². The van der Waals surface area contributed by atoms with Gasteiger partial charge in [0.1, 0.15) is 0 Å². The predicted molar refractivity (Wildman–Crippen MR) is 79.9 cm³/mol. The summed E-state index contributed by atoms with van der Waals surface area (Å²) in [5.41, 5.74) is 1.09. The Hall–Kier alpha value is -0.970. The third kappa shape index (κ3) is 4.27. The SMILES string of the molecule is CCOCC(C)NCc1cc(Cl)c2c(c1)OCCCO2. The van der Waals surface area contributed by atoms with Crippen molar-refractivity contribution >= 4 is 11.6 Å². The Morgan fingerprint density at radius 2 is 2.15 bits per heavy atom. The zero-order valence-corrected chi connectivity index (χ0v) is 12.8. The van der Waals surface area contributed by atoms with Crippen LogP contribution in [0.15, 0.2) is 12.1 Å². The van der Waals surface area contributed by atoms with Crippen LogP contribution in [0.1, 0.15) is 25.8 Å². The summed E-state index contributed by atoms with van der Waals surface area (Å²) < 4.78 is 16.7. The molecule has 4 nitrogen and oxygen atoms in total. The summed E-state index contributed by atoms with van der Waals surface area (Å²) in [5.74, 6) is 1.40. The fraction of sp³-hybridized carbons (Fsp3) is 0.600. The van der Waals surface area contributed by atoms with Crippen molar-refractivity contribution < 1.29 is 14.2 Å². The summed E-state index contributed by atoms with van der Waals surface area (Å²) in [6, 6.07) is 4.22. The number of fused-ring (bicyclic) bond motifs is 1. The van der Waals surface area contributed by atoms with Crippen molar-refractivity contribution in [1.82, 2.24) is 5.32 Å². The average Bonchev–Trinajstić information content (AvgIpc) is 2.68. The first-order chi connectivity index (χ1) is 9.70. The van der Waals surface area contributed by atoms with Gasteiger partial charge in [-0.05, 0) is 31.5 Å². The number of rotatable bonds is 6. The van der Waals surface area contributed by atoms with Crippen molar-refractivity contribution in [2.75, 3.05) is 26.4 Å². The van der Waals surface area contributed by atoms with Gasteiger partial charge in [0.25, 0.3) is 0 Å². The van der Waals surface area contributed by atoms with E-state index in [1.807, 2.05) is 19.1 Å². The van der Waals surface area contributed by atoms with Gasteiger partial charge in [0.15, 0.2) is 11.5 Å². The number of hydrogen-bond acceptors (Lipinski definition) is 4. The van der Waals surface area contributed by atoms with Crippen molar-refractivity contribution in [2.45, 2.75) is 32.9 Å². The van der Waals surface area contributed by atoms with Crippen molar-refractivity contribution in [3.63, 3.8) is 0 Å². The molecule has 1 heterocycles. The lowest BCUT2D eigenvalue weighted by atomic mass is 10.2. The maximum absolute atomic E-state index is 6.26. The topological polar surface area (TPSA) is 39.7 Å². The average molecular weight is 300 g/mol. The molecular weight excluding hydrogens is 278 g/mol. The molecule has 1 atom stereocenters. The number of nitrogens with one attached hydrogen (secondary N) is 1. The number of ether oxygens (including phenoxy) is 3. The van der Waals surface area contributed by atoms with Gasteiger partial charge in [-0.3, -0.25) is 0 Å². The van der Waals surface area contributed by atoms with Crippen LogP contribution >= 0.6 is 11.6 Å². The van der Waals surface area contributed by atoms with Gasteiger partial charge in [0, 0.05) is 25.6 Å². The van der Waals surface area contributed by atoms with E-state index in [1.165, 1.54) is 0 Å². The van der Waals surface area contributed by atoms with Gasteiger partial charge in [-0.15, -0.1) is 0 Å². The van der Waals surface area contributed by atoms with Crippen molar-refractivity contribution in [2.24, 2.45) is 0 Å². The molecule has 1 unspecified atom stereocenters. The molecule has 0 aliphatic carbocycles. The number of benzene rings is 1. The summed E-state index contributed by atoms with van der Waals surface area (Å²) in [6.07, 6.45) is 0.879. The molecule has 2 rings (SSSR count). The molecule has 0 saturated heterocycles. The van der Waals surface area contributed by atoms with Gasteiger partial charge >= 0.3 is 0 Å². The zero-order chi connectivity index (χ0) is 14.4. The Kier molecular flexibility index (Phi) is 5.95. The molecule has 1 N–H and O–H groups in total. The third-order valence-corrected chi connectivity index (χ3v) is 3.37. The molecule has 112 valence electrons. The maximum atomic E-state index is 6.26. The van der Waals surface area contributed by atoms with Gasteiger partial charge in [0.2, 0.25) is 0 Å². The smallest absolute Gasteiger partial charge is 0.179 e. The predicted octanol–water partition coefficient (Wildman–Crippen LogP) is 3.02. The van der Waals surface area contributed by atoms with Crippen LogP contribution in [-0.2, 0) is 11.3 Å². The lowest BCUT2D eigenvalue weighted by Gasteiger charge is -2.15. The standard InChI is InChI=1S/C15H22ClNO3/c1-3-18-10-11(2)17-9-12-7-13(16)15-14(8-12)19-5-4-6-20-15/h7-8,11,17H,3-6,9-10H2,1-2H3. The van der Waals surface area contributed by atoms with Crippen LogP contribution in [0.25, 0.3) is 0 Å². The Bertz CT molecular complexity index is 439. The molecule has 0 fully saturated rings. The van der Waals surface area contributed by atoms with Crippen LogP contribution in [-0.4, -0.2) is 32.5 Å². The molecule has 0 amide bonds. The first kappa shape index (κ1) is 15.4. The van der Waals surface area contributed by atoms with Crippen LogP contribution < -0.4 is 14.8 Å². The minimum absolute atomic E-state index is 0.296. The third-order valence-electron chi connectivity index (χ3n) is 3.09. The van der Waals surface area contributed by atoms with E-state index in [-0.39, 0.29) is 0 Å². The molecule has 0 spiro atoms. The van der Waals surface area contributed by atoms with Crippen LogP contribution in [0.5, 0.6) is 11.5 Å². The van der Waals surface area contributed by atoms with Crippen LogP contribution in [0.4, 0.5) is 0 Å². The fourth-order valence-electron chi connectivity index (χ4n) is 2.03. The van der Waals surface area contributed by atoms with Gasteiger partial charge in [0.05, 0.1) is 24.8 Å². The minimum atomic E-state index is 0.296. The summed E-state index contributed by atoms with van der Waals surface area (Å²) in [4.78, 5) is 0. The van der Waals surface area contributed by atoms with Gasteiger partial charge in [-0.2, -0.15) is 0 Å². The lowest BCUT2D eigenvalue weighted by molar-refractivity contribution is 0.127. The molecule has 1 aromatic rings. The van der Waals surface area contributed by atoms with E-state index in [9.17, 15) is 0 Å². The summed E-state index contributed by atoms with van der Waals surface area (Å²) >= 11 is 6.26. The second kappa shape index (κ2) is 7.72. The Balaban J connectivity index is 1.98. The second-order valence-electron chi connectivity index (χ2n) is 4.90. The normalized spacial score (nSPS) is 15.8. The van der Waals surface area contributed by atoms with Crippen molar-refractivity contribution in [3.8, 4) is 11.5 Å². The Labute approximate surface area is 125 Å². The minimum Gasteiger partial charge on any atom is -0.489 e. The molecule has 1 aliphatic rings. The number of hydrogen-bond donors (Lipinski definition) is 1. The molecule has 5 heteroatoms. The van der Waals surface area contributed by atoms with Gasteiger partial charge in [-0.25, -0.2) is 0 Å². The molecule has 0 radical (unpaired) electrons. The molecular formula is C15H22ClNO3. The highest BCUT2D eigenvalue weighted by Gasteiger charge is 2.15. The van der Waals surface area contributed by atoms with Gasteiger partial charge < -0.3 is 19.5 Å². The monoisotopic (exact) mass is 299 g/mol. The second-order valence-corrected chi connectivity index (χ2v) is 5.30. The summed E-state index contributed by atoms with van der Waals surface area (Å²) in [5, 5.41) is 4.01. The molecule has 1 aromatic carbocycles. The van der Waals surface area contributed by atoms with Crippen LogP contribution in [0.2, 0.25) is 5.02 Å². The molecule has 20 heavy (non-hydrogen) atoms. The van der Waals surface area contributed by atoms with Gasteiger partial charge in [-0.1, -0.05) is 11.6 Å². The molecule has 1 aliphatic heterocycles.